The molecule has 0 fully saturated rings. The number of allylic oxidation sites excluding steroid dienone is 1. The first-order valence-electron chi connectivity index (χ1n) is 4.86. The summed E-state index contributed by atoms with van der Waals surface area (Å²) in [5, 5.41) is 8.38. The van der Waals surface area contributed by atoms with Crippen LogP contribution in [-0.2, 0) is 14.8 Å². The second-order valence-corrected chi connectivity index (χ2v) is 5.44. The summed E-state index contributed by atoms with van der Waals surface area (Å²) in [7, 11) is -3.44. The van der Waals surface area contributed by atoms with Crippen molar-refractivity contribution in [2.45, 2.75) is 31.7 Å². The van der Waals surface area contributed by atoms with E-state index in [1.54, 1.807) is 0 Å². The third-order valence-corrected chi connectivity index (χ3v) is 3.63. The fourth-order valence-corrected chi connectivity index (χ4v) is 2.72. The Morgan fingerprint density at radius 2 is 2.20 bits per heavy atom. The van der Waals surface area contributed by atoms with Gasteiger partial charge in [-0.15, -0.1) is 0 Å². The molecule has 0 saturated heterocycles. The van der Waals surface area contributed by atoms with E-state index in [1.165, 1.54) is 0 Å². The van der Waals surface area contributed by atoms with E-state index in [9.17, 15) is 13.2 Å². The summed E-state index contributed by atoms with van der Waals surface area (Å²) in [6.45, 7) is 0. The summed E-state index contributed by atoms with van der Waals surface area (Å²) in [5.41, 5.74) is 0. The van der Waals surface area contributed by atoms with Crippen LogP contribution in [0.15, 0.2) is 12.2 Å². The number of carbonyl (C=O) groups is 1. The number of carboxylic acids is 1. The standard InChI is InChI=1S/C9H15NO4S/c11-9(12)6-7-15(13,14)10-8-4-2-1-3-5-8/h1-2,8,10H,3-7H2,(H,11,12). The quantitative estimate of drug-likeness (QED) is 0.677. The number of sulfonamides is 1. The first-order valence-corrected chi connectivity index (χ1v) is 6.51. The van der Waals surface area contributed by atoms with Crippen LogP contribution in [-0.4, -0.2) is 31.3 Å². The molecule has 0 spiro atoms. The van der Waals surface area contributed by atoms with Crippen molar-refractivity contribution >= 4 is 16.0 Å². The van der Waals surface area contributed by atoms with Crippen LogP contribution in [0.2, 0.25) is 0 Å². The van der Waals surface area contributed by atoms with Gasteiger partial charge in [-0.2, -0.15) is 0 Å². The number of carboxylic acid groups (broad SMARTS) is 1. The highest BCUT2D eigenvalue weighted by molar-refractivity contribution is 7.89. The van der Waals surface area contributed by atoms with Gasteiger partial charge in [0.15, 0.2) is 0 Å². The lowest BCUT2D eigenvalue weighted by Crippen LogP contribution is -2.37. The van der Waals surface area contributed by atoms with Crippen LogP contribution in [0.4, 0.5) is 0 Å². The lowest BCUT2D eigenvalue weighted by Gasteiger charge is -2.18. The van der Waals surface area contributed by atoms with Gasteiger partial charge in [0, 0.05) is 6.04 Å². The molecule has 0 aromatic rings. The van der Waals surface area contributed by atoms with Gasteiger partial charge < -0.3 is 5.11 Å². The van der Waals surface area contributed by atoms with Gasteiger partial charge in [0.25, 0.3) is 0 Å². The van der Waals surface area contributed by atoms with Crippen LogP contribution in [0.1, 0.15) is 25.7 Å². The third-order valence-electron chi connectivity index (χ3n) is 2.20. The fourth-order valence-electron chi connectivity index (χ4n) is 1.44. The van der Waals surface area contributed by atoms with Crippen molar-refractivity contribution in [3.63, 3.8) is 0 Å². The highest BCUT2D eigenvalue weighted by Gasteiger charge is 2.18. The normalized spacial score (nSPS) is 21.5. The molecule has 86 valence electrons. The molecule has 0 heterocycles. The monoisotopic (exact) mass is 233 g/mol. The molecule has 2 N–H and O–H groups in total. The van der Waals surface area contributed by atoms with Crippen molar-refractivity contribution in [2.75, 3.05) is 5.75 Å². The van der Waals surface area contributed by atoms with E-state index in [2.05, 4.69) is 4.72 Å². The van der Waals surface area contributed by atoms with E-state index in [0.717, 1.165) is 12.8 Å². The molecule has 0 saturated carbocycles. The molecule has 6 heteroatoms. The Balaban J connectivity index is 2.41. The number of hydrogen-bond donors (Lipinski definition) is 2. The predicted octanol–water partition coefficient (Wildman–Crippen LogP) is 0.489. The van der Waals surface area contributed by atoms with Crippen molar-refractivity contribution in [2.24, 2.45) is 0 Å². The molecular formula is C9H15NO4S. The summed E-state index contributed by atoms with van der Waals surface area (Å²) in [4.78, 5) is 10.2. The lowest BCUT2D eigenvalue weighted by molar-refractivity contribution is -0.136. The Hall–Kier alpha value is -0.880. The molecule has 1 rings (SSSR count). The van der Waals surface area contributed by atoms with Crippen LogP contribution < -0.4 is 4.72 Å². The summed E-state index contributed by atoms with van der Waals surface area (Å²) >= 11 is 0. The second kappa shape index (κ2) is 5.27. The molecule has 0 amide bonds. The van der Waals surface area contributed by atoms with E-state index >= 15 is 0 Å². The predicted molar refractivity (Wildman–Crippen MR) is 56.0 cm³/mol. The molecule has 0 bridgehead atoms. The van der Waals surface area contributed by atoms with Crippen LogP contribution in [0.25, 0.3) is 0 Å². The second-order valence-electron chi connectivity index (χ2n) is 3.56. The molecular weight excluding hydrogens is 218 g/mol. The number of aliphatic carboxylic acids is 1. The summed E-state index contributed by atoms with van der Waals surface area (Å²) in [5.74, 6) is -1.44. The Bertz CT molecular complexity index is 347. The Labute approximate surface area is 89.2 Å². The van der Waals surface area contributed by atoms with Crippen molar-refractivity contribution < 1.29 is 18.3 Å². The molecule has 15 heavy (non-hydrogen) atoms. The lowest BCUT2D eigenvalue weighted by atomic mass is 10.0. The fraction of sp³-hybridized carbons (Fsp3) is 0.667. The molecule has 1 aliphatic rings. The minimum absolute atomic E-state index is 0.0752. The molecule has 0 aromatic heterocycles. The highest BCUT2D eigenvalue weighted by Crippen LogP contribution is 2.11. The van der Waals surface area contributed by atoms with Crippen LogP contribution in [0.5, 0.6) is 0 Å². The average molecular weight is 233 g/mol. The average Bonchev–Trinajstić information content (AvgIpc) is 2.16. The van der Waals surface area contributed by atoms with Gasteiger partial charge in [-0.1, -0.05) is 12.2 Å². The van der Waals surface area contributed by atoms with Crippen molar-refractivity contribution in [1.29, 1.82) is 0 Å². The summed E-state index contributed by atoms with van der Waals surface area (Å²) in [6.07, 6.45) is 5.94. The molecule has 1 aliphatic carbocycles. The zero-order valence-electron chi connectivity index (χ0n) is 8.35. The minimum Gasteiger partial charge on any atom is -0.481 e. The van der Waals surface area contributed by atoms with Crippen molar-refractivity contribution in [1.82, 2.24) is 4.72 Å². The Morgan fingerprint density at radius 1 is 1.47 bits per heavy atom. The SMILES string of the molecule is O=C(O)CCS(=O)(=O)NC1CC=CCC1. The number of hydrogen-bond acceptors (Lipinski definition) is 3. The first-order chi connectivity index (χ1) is 6.99. The zero-order valence-corrected chi connectivity index (χ0v) is 9.16. The largest absolute Gasteiger partial charge is 0.481 e. The van der Waals surface area contributed by atoms with Gasteiger partial charge in [-0.05, 0) is 19.3 Å². The maximum atomic E-state index is 11.4. The van der Waals surface area contributed by atoms with Gasteiger partial charge in [0.1, 0.15) is 0 Å². The van der Waals surface area contributed by atoms with Crippen molar-refractivity contribution in [3.8, 4) is 0 Å². The topological polar surface area (TPSA) is 83.5 Å². The van der Waals surface area contributed by atoms with E-state index in [-0.39, 0.29) is 18.2 Å². The maximum Gasteiger partial charge on any atom is 0.304 e. The minimum atomic E-state index is -3.44. The first kappa shape index (κ1) is 12.2. The van der Waals surface area contributed by atoms with Gasteiger partial charge in [-0.3, -0.25) is 4.79 Å². The highest BCUT2D eigenvalue weighted by atomic mass is 32.2. The smallest absolute Gasteiger partial charge is 0.304 e. The van der Waals surface area contributed by atoms with Gasteiger partial charge in [0.05, 0.1) is 12.2 Å². The number of rotatable bonds is 5. The van der Waals surface area contributed by atoms with E-state index < -0.39 is 16.0 Å². The molecule has 5 nitrogen and oxygen atoms in total. The van der Waals surface area contributed by atoms with Crippen LogP contribution in [0.3, 0.4) is 0 Å². The van der Waals surface area contributed by atoms with E-state index in [1.807, 2.05) is 12.2 Å². The van der Waals surface area contributed by atoms with Gasteiger partial charge >= 0.3 is 5.97 Å². The maximum absolute atomic E-state index is 11.4. The van der Waals surface area contributed by atoms with E-state index in [4.69, 9.17) is 5.11 Å². The number of nitrogens with one attached hydrogen (secondary N) is 1. The zero-order chi connectivity index (χ0) is 11.3. The van der Waals surface area contributed by atoms with Crippen LogP contribution in [0, 0.1) is 0 Å². The Morgan fingerprint density at radius 3 is 2.73 bits per heavy atom. The molecule has 0 radical (unpaired) electrons. The Kier molecular flexibility index (Phi) is 4.28. The third kappa shape index (κ3) is 4.94. The summed E-state index contributed by atoms with van der Waals surface area (Å²) < 4.78 is 25.3. The van der Waals surface area contributed by atoms with Crippen LogP contribution >= 0.6 is 0 Å². The molecule has 0 aromatic carbocycles. The van der Waals surface area contributed by atoms with Gasteiger partial charge in [-0.25, -0.2) is 13.1 Å². The van der Waals surface area contributed by atoms with Gasteiger partial charge in [0.2, 0.25) is 10.0 Å². The summed E-state index contributed by atoms with van der Waals surface area (Å²) in [6, 6.07) is -0.0752. The molecule has 1 atom stereocenters. The van der Waals surface area contributed by atoms with Crippen molar-refractivity contribution in [3.05, 3.63) is 12.2 Å². The molecule has 0 aliphatic heterocycles. The van der Waals surface area contributed by atoms with E-state index in [0.29, 0.717) is 6.42 Å². The molecule has 1 unspecified atom stereocenters.